The second-order valence-corrected chi connectivity index (χ2v) is 5.45. The lowest BCUT2D eigenvalue weighted by atomic mass is 10.1. The predicted octanol–water partition coefficient (Wildman–Crippen LogP) is 2.89. The van der Waals surface area contributed by atoms with Crippen LogP contribution in [0.3, 0.4) is 0 Å². The van der Waals surface area contributed by atoms with E-state index in [4.69, 9.17) is 9.47 Å². The molecule has 0 bridgehead atoms. The number of anilines is 1. The van der Waals surface area contributed by atoms with Gasteiger partial charge < -0.3 is 14.8 Å². The molecule has 0 aliphatic carbocycles. The van der Waals surface area contributed by atoms with Gasteiger partial charge in [-0.1, -0.05) is 11.3 Å². The van der Waals surface area contributed by atoms with E-state index in [-0.39, 0.29) is 0 Å². The molecule has 108 valence electrons. The molecule has 0 amide bonds. The zero-order valence-corrected chi connectivity index (χ0v) is 13.0. The van der Waals surface area contributed by atoms with Crippen LogP contribution >= 0.6 is 11.3 Å². The second-order valence-electron chi connectivity index (χ2n) is 4.48. The van der Waals surface area contributed by atoms with E-state index in [2.05, 4.69) is 27.6 Å². The molecule has 5 nitrogen and oxygen atoms in total. The molecule has 1 aromatic carbocycles. The third-order valence-electron chi connectivity index (χ3n) is 2.92. The monoisotopic (exact) mass is 293 g/mol. The van der Waals surface area contributed by atoms with Gasteiger partial charge in [-0.3, -0.25) is 0 Å². The smallest absolute Gasteiger partial charge is 0.206 e. The van der Waals surface area contributed by atoms with Crippen molar-refractivity contribution in [1.82, 2.24) is 10.2 Å². The van der Waals surface area contributed by atoms with Gasteiger partial charge in [0.05, 0.1) is 13.7 Å². The fourth-order valence-electron chi connectivity index (χ4n) is 2.07. The molecule has 0 aliphatic heterocycles. The summed E-state index contributed by atoms with van der Waals surface area (Å²) < 4.78 is 10.4. The number of hydrogen-bond donors (Lipinski definition) is 1. The van der Waals surface area contributed by atoms with Crippen LogP contribution in [0.15, 0.2) is 12.1 Å². The summed E-state index contributed by atoms with van der Waals surface area (Å²) in [5, 5.41) is 13.3. The zero-order valence-electron chi connectivity index (χ0n) is 12.2. The highest BCUT2D eigenvalue weighted by molar-refractivity contribution is 7.18. The quantitative estimate of drug-likeness (QED) is 0.830. The molecule has 2 aromatic rings. The van der Waals surface area contributed by atoms with E-state index in [1.54, 1.807) is 14.2 Å². The number of nitrogens with zero attached hydrogens (tertiary/aromatic N) is 2. The molecular formula is C14H19N3O2S. The summed E-state index contributed by atoms with van der Waals surface area (Å²) in [6, 6.07) is 4.15. The molecule has 1 aromatic heterocycles. The van der Waals surface area contributed by atoms with Crippen LogP contribution in [0.2, 0.25) is 0 Å². The van der Waals surface area contributed by atoms with Crippen molar-refractivity contribution in [3.8, 4) is 16.3 Å². The van der Waals surface area contributed by atoms with Gasteiger partial charge in [0.1, 0.15) is 10.8 Å². The van der Waals surface area contributed by atoms with Gasteiger partial charge in [0, 0.05) is 19.2 Å². The van der Waals surface area contributed by atoms with Gasteiger partial charge in [-0.2, -0.15) is 0 Å². The molecule has 0 saturated carbocycles. The van der Waals surface area contributed by atoms with Crippen LogP contribution in [0, 0.1) is 13.8 Å². The van der Waals surface area contributed by atoms with Crippen molar-refractivity contribution in [3.05, 3.63) is 23.3 Å². The Morgan fingerprint density at radius 1 is 1.15 bits per heavy atom. The molecule has 0 fully saturated rings. The fraction of sp³-hybridized carbons (Fsp3) is 0.429. The maximum Gasteiger partial charge on any atom is 0.206 e. The van der Waals surface area contributed by atoms with Crippen LogP contribution in [-0.2, 0) is 4.74 Å². The highest BCUT2D eigenvalue weighted by Crippen LogP contribution is 2.32. The molecule has 6 heteroatoms. The Bertz CT molecular complexity index is 561. The van der Waals surface area contributed by atoms with Crippen molar-refractivity contribution in [2.75, 3.05) is 32.7 Å². The topological polar surface area (TPSA) is 56.3 Å². The Balaban J connectivity index is 2.20. The van der Waals surface area contributed by atoms with Crippen molar-refractivity contribution in [2.24, 2.45) is 0 Å². The van der Waals surface area contributed by atoms with E-state index in [0.717, 1.165) is 39.1 Å². The van der Waals surface area contributed by atoms with Gasteiger partial charge in [0.15, 0.2) is 0 Å². The molecule has 20 heavy (non-hydrogen) atoms. The molecule has 1 N–H and O–H groups in total. The lowest BCUT2D eigenvalue weighted by Gasteiger charge is -2.09. The van der Waals surface area contributed by atoms with Gasteiger partial charge in [0.25, 0.3) is 0 Å². The number of aromatic nitrogens is 2. The van der Waals surface area contributed by atoms with Crippen molar-refractivity contribution in [1.29, 1.82) is 0 Å². The average molecular weight is 293 g/mol. The van der Waals surface area contributed by atoms with E-state index in [1.807, 2.05) is 13.8 Å². The first-order chi connectivity index (χ1) is 9.65. The Morgan fingerprint density at radius 2 is 1.85 bits per heavy atom. The first kappa shape index (κ1) is 14.7. The van der Waals surface area contributed by atoms with Gasteiger partial charge in [0.2, 0.25) is 5.13 Å². The van der Waals surface area contributed by atoms with E-state index in [9.17, 15) is 0 Å². The molecule has 0 spiro atoms. The standard InChI is InChI=1S/C14H19N3O2S/c1-9-7-11(8-10(2)12(9)19-4)13-16-17-14(20-13)15-5-6-18-3/h7-8H,5-6H2,1-4H3,(H,15,17). The largest absolute Gasteiger partial charge is 0.496 e. The third-order valence-corrected chi connectivity index (χ3v) is 3.85. The van der Waals surface area contributed by atoms with Crippen LogP contribution in [0.4, 0.5) is 5.13 Å². The zero-order chi connectivity index (χ0) is 14.5. The molecule has 0 unspecified atom stereocenters. The lowest BCUT2D eigenvalue weighted by Crippen LogP contribution is -2.06. The summed E-state index contributed by atoms with van der Waals surface area (Å²) in [5.74, 6) is 0.928. The summed E-state index contributed by atoms with van der Waals surface area (Å²) in [7, 11) is 3.37. The van der Waals surface area contributed by atoms with Crippen molar-refractivity contribution in [2.45, 2.75) is 13.8 Å². The fourth-order valence-corrected chi connectivity index (χ4v) is 2.82. The van der Waals surface area contributed by atoms with Crippen molar-refractivity contribution in [3.63, 3.8) is 0 Å². The molecule has 0 atom stereocenters. The third kappa shape index (κ3) is 3.26. The van der Waals surface area contributed by atoms with Crippen molar-refractivity contribution >= 4 is 16.5 Å². The van der Waals surface area contributed by atoms with Crippen molar-refractivity contribution < 1.29 is 9.47 Å². The maximum absolute atomic E-state index is 5.38. The minimum absolute atomic E-state index is 0.648. The van der Waals surface area contributed by atoms with E-state index < -0.39 is 0 Å². The summed E-state index contributed by atoms with van der Waals surface area (Å²) in [4.78, 5) is 0. The van der Waals surface area contributed by atoms with E-state index in [0.29, 0.717) is 6.61 Å². The maximum atomic E-state index is 5.38. The summed E-state index contributed by atoms with van der Waals surface area (Å²) in [6.07, 6.45) is 0. The number of ether oxygens (including phenoxy) is 2. The molecule has 2 rings (SSSR count). The van der Waals surface area contributed by atoms with Gasteiger partial charge in [-0.15, -0.1) is 10.2 Å². The molecule has 0 saturated heterocycles. The van der Waals surface area contributed by atoms with Crippen LogP contribution in [0.1, 0.15) is 11.1 Å². The second kappa shape index (κ2) is 6.67. The predicted molar refractivity (Wildman–Crippen MR) is 81.7 cm³/mol. The number of methoxy groups -OCH3 is 2. The highest BCUT2D eigenvalue weighted by atomic mass is 32.1. The van der Waals surface area contributed by atoms with E-state index >= 15 is 0 Å². The highest BCUT2D eigenvalue weighted by Gasteiger charge is 2.11. The molecule has 0 radical (unpaired) electrons. The SMILES string of the molecule is COCCNc1nnc(-c2cc(C)c(OC)c(C)c2)s1. The molecule has 0 aliphatic rings. The minimum Gasteiger partial charge on any atom is -0.496 e. The molecular weight excluding hydrogens is 274 g/mol. The normalized spacial score (nSPS) is 10.6. The number of aryl methyl sites for hydroxylation is 2. The van der Waals surface area contributed by atoms with E-state index in [1.165, 1.54) is 11.3 Å². The number of benzene rings is 1. The number of hydrogen-bond acceptors (Lipinski definition) is 6. The Morgan fingerprint density at radius 3 is 2.45 bits per heavy atom. The Kier molecular flexibility index (Phi) is 4.92. The number of nitrogens with one attached hydrogen (secondary N) is 1. The van der Waals surface area contributed by atoms with Gasteiger partial charge >= 0.3 is 0 Å². The van der Waals surface area contributed by atoms with Crippen LogP contribution < -0.4 is 10.1 Å². The van der Waals surface area contributed by atoms with Crippen LogP contribution in [-0.4, -0.2) is 37.6 Å². The van der Waals surface area contributed by atoms with Gasteiger partial charge in [-0.25, -0.2) is 0 Å². The first-order valence-electron chi connectivity index (χ1n) is 6.37. The first-order valence-corrected chi connectivity index (χ1v) is 7.19. The average Bonchev–Trinajstić information content (AvgIpc) is 2.87. The summed E-state index contributed by atoms with van der Waals surface area (Å²) in [6.45, 7) is 5.45. The van der Waals surface area contributed by atoms with Gasteiger partial charge in [-0.05, 0) is 37.1 Å². The Labute approximate surface area is 123 Å². The lowest BCUT2D eigenvalue weighted by molar-refractivity contribution is 0.211. The van der Waals surface area contributed by atoms with Crippen LogP contribution in [0.5, 0.6) is 5.75 Å². The van der Waals surface area contributed by atoms with Crippen LogP contribution in [0.25, 0.3) is 10.6 Å². The summed E-state index contributed by atoms with van der Waals surface area (Å²) in [5.41, 5.74) is 3.27. The Hall–Kier alpha value is -1.66. The summed E-state index contributed by atoms with van der Waals surface area (Å²) >= 11 is 1.54. The number of rotatable bonds is 6. The minimum atomic E-state index is 0.648. The molecule has 1 heterocycles.